The van der Waals surface area contributed by atoms with E-state index in [4.69, 9.17) is 0 Å². The third kappa shape index (κ3) is 6.00. The minimum absolute atomic E-state index is 0.0586. The van der Waals surface area contributed by atoms with E-state index in [9.17, 15) is 31.5 Å². The quantitative estimate of drug-likeness (QED) is 0.379. The number of anilines is 2. The Bertz CT molecular complexity index is 1150. The molecule has 0 heterocycles. The maximum atomic E-state index is 13.5. The molecule has 3 aromatic rings. The molecule has 0 aromatic heterocycles. The Morgan fingerprint density at radius 3 is 1.97 bits per heavy atom. The lowest BCUT2D eigenvalue weighted by molar-refractivity contribution is -0.136. The standard InChI is InChI=1S/C23H15F5N2O2/c24-16-6-1-14(2-7-16)3-12-21(31)30-20-11-10-18(13-19(20)23(26,27)28)29-22(32)15-4-8-17(25)9-5-15/h1-13H,(H,29,32)(H,30,31). The van der Waals surface area contributed by atoms with Gasteiger partial charge in [0, 0.05) is 17.3 Å². The first kappa shape index (κ1) is 22.7. The first-order chi connectivity index (χ1) is 15.1. The van der Waals surface area contributed by atoms with Crippen molar-refractivity contribution in [1.82, 2.24) is 0 Å². The fourth-order valence-electron chi connectivity index (χ4n) is 2.69. The van der Waals surface area contributed by atoms with E-state index in [-0.39, 0.29) is 11.3 Å². The van der Waals surface area contributed by atoms with Gasteiger partial charge in [0.2, 0.25) is 5.91 Å². The highest BCUT2D eigenvalue weighted by atomic mass is 19.4. The van der Waals surface area contributed by atoms with Gasteiger partial charge in [0.1, 0.15) is 11.6 Å². The molecular formula is C23H15F5N2O2. The molecule has 0 radical (unpaired) electrons. The fourth-order valence-corrected chi connectivity index (χ4v) is 2.69. The van der Waals surface area contributed by atoms with Crippen molar-refractivity contribution in [3.8, 4) is 0 Å². The van der Waals surface area contributed by atoms with Gasteiger partial charge in [0.05, 0.1) is 11.3 Å². The summed E-state index contributed by atoms with van der Waals surface area (Å²) in [5, 5.41) is 4.45. The van der Waals surface area contributed by atoms with Crippen LogP contribution >= 0.6 is 0 Å². The average Bonchev–Trinajstić information content (AvgIpc) is 2.74. The van der Waals surface area contributed by atoms with E-state index in [1.165, 1.54) is 48.5 Å². The second kappa shape index (κ2) is 9.42. The maximum Gasteiger partial charge on any atom is 0.418 e. The maximum absolute atomic E-state index is 13.5. The smallest absolute Gasteiger partial charge is 0.322 e. The zero-order chi connectivity index (χ0) is 23.3. The molecule has 3 aromatic carbocycles. The average molecular weight is 446 g/mol. The van der Waals surface area contributed by atoms with Gasteiger partial charge in [-0.25, -0.2) is 8.78 Å². The summed E-state index contributed by atoms with van der Waals surface area (Å²) >= 11 is 0. The largest absolute Gasteiger partial charge is 0.418 e. The molecule has 0 fully saturated rings. The lowest BCUT2D eigenvalue weighted by Gasteiger charge is -2.15. The van der Waals surface area contributed by atoms with E-state index < -0.39 is 40.9 Å². The van der Waals surface area contributed by atoms with Crippen molar-refractivity contribution in [3.63, 3.8) is 0 Å². The molecule has 0 saturated carbocycles. The van der Waals surface area contributed by atoms with Crippen LogP contribution in [0.15, 0.2) is 72.8 Å². The highest BCUT2D eigenvalue weighted by Gasteiger charge is 2.34. The van der Waals surface area contributed by atoms with E-state index in [1.54, 1.807) is 0 Å². The number of alkyl halides is 3. The van der Waals surface area contributed by atoms with Crippen LogP contribution in [0.2, 0.25) is 0 Å². The number of carbonyl (C=O) groups is 2. The Labute approximate surface area is 179 Å². The number of benzene rings is 3. The van der Waals surface area contributed by atoms with Crippen LogP contribution in [0.4, 0.5) is 33.3 Å². The summed E-state index contributed by atoms with van der Waals surface area (Å²) in [6.07, 6.45) is -2.49. The van der Waals surface area contributed by atoms with E-state index >= 15 is 0 Å². The van der Waals surface area contributed by atoms with Gasteiger partial charge in [-0.1, -0.05) is 12.1 Å². The molecule has 0 aliphatic heterocycles. The highest BCUT2D eigenvalue weighted by molar-refractivity contribution is 6.05. The third-order valence-corrected chi connectivity index (χ3v) is 4.24. The minimum atomic E-state index is -4.82. The SMILES string of the molecule is O=C(C=Cc1ccc(F)cc1)Nc1ccc(NC(=O)c2ccc(F)cc2)cc1C(F)(F)F. The van der Waals surface area contributed by atoms with Crippen LogP contribution in [0.1, 0.15) is 21.5 Å². The number of hydrogen-bond acceptors (Lipinski definition) is 2. The number of hydrogen-bond donors (Lipinski definition) is 2. The molecule has 0 unspecified atom stereocenters. The van der Waals surface area contributed by atoms with Crippen molar-refractivity contribution >= 4 is 29.3 Å². The van der Waals surface area contributed by atoms with E-state index in [1.807, 2.05) is 0 Å². The van der Waals surface area contributed by atoms with Gasteiger partial charge in [-0.15, -0.1) is 0 Å². The summed E-state index contributed by atoms with van der Waals surface area (Å²) in [6.45, 7) is 0. The van der Waals surface area contributed by atoms with Crippen molar-refractivity contribution in [1.29, 1.82) is 0 Å². The highest BCUT2D eigenvalue weighted by Crippen LogP contribution is 2.36. The van der Waals surface area contributed by atoms with Crippen LogP contribution in [0.25, 0.3) is 6.08 Å². The zero-order valence-corrected chi connectivity index (χ0v) is 16.2. The molecule has 3 rings (SSSR count). The van der Waals surface area contributed by atoms with E-state index in [0.29, 0.717) is 11.6 Å². The molecule has 0 spiro atoms. The van der Waals surface area contributed by atoms with E-state index in [2.05, 4.69) is 10.6 Å². The van der Waals surface area contributed by atoms with Gasteiger partial charge in [-0.05, 0) is 66.2 Å². The van der Waals surface area contributed by atoms with Crippen LogP contribution < -0.4 is 10.6 Å². The zero-order valence-electron chi connectivity index (χ0n) is 16.2. The molecule has 0 aliphatic carbocycles. The lowest BCUT2D eigenvalue weighted by atomic mass is 10.1. The monoisotopic (exact) mass is 446 g/mol. The molecule has 164 valence electrons. The molecule has 2 amide bonds. The van der Waals surface area contributed by atoms with Gasteiger partial charge in [0.15, 0.2) is 0 Å². The van der Waals surface area contributed by atoms with Crippen molar-refractivity contribution in [2.24, 2.45) is 0 Å². The molecule has 0 atom stereocenters. The van der Waals surface area contributed by atoms with Crippen LogP contribution in [0.3, 0.4) is 0 Å². The number of amides is 2. The first-order valence-corrected chi connectivity index (χ1v) is 9.14. The Morgan fingerprint density at radius 2 is 1.38 bits per heavy atom. The van der Waals surface area contributed by atoms with Crippen LogP contribution in [-0.4, -0.2) is 11.8 Å². The van der Waals surface area contributed by atoms with Crippen molar-refractivity contribution in [2.75, 3.05) is 10.6 Å². The molecule has 2 N–H and O–H groups in total. The van der Waals surface area contributed by atoms with Crippen molar-refractivity contribution < 1.29 is 31.5 Å². The van der Waals surface area contributed by atoms with E-state index in [0.717, 1.165) is 24.3 Å². The topological polar surface area (TPSA) is 58.2 Å². The van der Waals surface area contributed by atoms with Gasteiger partial charge in [0.25, 0.3) is 5.91 Å². The number of rotatable bonds is 5. The fraction of sp³-hybridized carbons (Fsp3) is 0.0435. The first-order valence-electron chi connectivity index (χ1n) is 9.14. The summed E-state index contributed by atoms with van der Waals surface area (Å²) in [4.78, 5) is 24.2. The summed E-state index contributed by atoms with van der Waals surface area (Å²) in [6, 6.07) is 12.5. The minimum Gasteiger partial charge on any atom is -0.322 e. The summed E-state index contributed by atoms with van der Waals surface area (Å²) in [7, 11) is 0. The van der Waals surface area contributed by atoms with Crippen molar-refractivity contribution in [3.05, 3.63) is 101 Å². The number of nitrogens with one attached hydrogen (secondary N) is 2. The number of carbonyl (C=O) groups excluding carboxylic acids is 2. The van der Waals surface area contributed by atoms with Gasteiger partial charge in [-0.2, -0.15) is 13.2 Å². The van der Waals surface area contributed by atoms with Crippen LogP contribution in [0, 0.1) is 11.6 Å². The second-order valence-corrected chi connectivity index (χ2v) is 6.59. The Morgan fingerprint density at radius 1 is 0.781 bits per heavy atom. The predicted molar refractivity (Wildman–Crippen MR) is 110 cm³/mol. The predicted octanol–water partition coefficient (Wildman–Crippen LogP) is 5.89. The number of halogens is 5. The molecule has 32 heavy (non-hydrogen) atoms. The normalized spacial score (nSPS) is 11.4. The Balaban J connectivity index is 1.77. The molecule has 0 aliphatic rings. The molecule has 0 saturated heterocycles. The third-order valence-electron chi connectivity index (χ3n) is 4.24. The molecule has 4 nitrogen and oxygen atoms in total. The summed E-state index contributed by atoms with van der Waals surface area (Å²) < 4.78 is 66.4. The molecular weight excluding hydrogens is 431 g/mol. The molecule has 9 heteroatoms. The molecule has 0 bridgehead atoms. The van der Waals surface area contributed by atoms with Crippen LogP contribution in [-0.2, 0) is 11.0 Å². The van der Waals surface area contributed by atoms with Gasteiger partial charge in [-0.3, -0.25) is 9.59 Å². The van der Waals surface area contributed by atoms with Gasteiger partial charge < -0.3 is 10.6 Å². The van der Waals surface area contributed by atoms with Crippen LogP contribution in [0.5, 0.6) is 0 Å². The summed E-state index contributed by atoms with van der Waals surface area (Å²) in [5.74, 6) is -2.58. The summed E-state index contributed by atoms with van der Waals surface area (Å²) in [5.41, 5.74) is -1.30. The van der Waals surface area contributed by atoms with Gasteiger partial charge >= 0.3 is 6.18 Å². The Hall–Kier alpha value is -4.01. The Kier molecular flexibility index (Phi) is 6.67. The van der Waals surface area contributed by atoms with Crippen molar-refractivity contribution in [2.45, 2.75) is 6.18 Å². The second-order valence-electron chi connectivity index (χ2n) is 6.59. The lowest BCUT2D eigenvalue weighted by Crippen LogP contribution is -2.17.